The molecule has 1 N–H and O–H groups in total. The summed E-state index contributed by atoms with van der Waals surface area (Å²) in [5.41, 5.74) is 2.34. The largest absolute Gasteiger partial charge is 0.401 e. The van der Waals surface area contributed by atoms with Crippen LogP contribution in [0.3, 0.4) is 0 Å². The van der Waals surface area contributed by atoms with E-state index in [1.54, 1.807) is 11.1 Å². The molecule has 2 fully saturated rings. The quantitative estimate of drug-likeness (QED) is 0.668. The monoisotopic (exact) mass is 406 g/mol. The van der Waals surface area contributed by atoms with Crippen molar-refractivity contribution in [1.29, 1.82) is 0 Å². The lowest BCUT2D eigenvalue weighted by Crippen LogP contribution is -2.42. The molecular weight excluding hydrogens is 381 g/mol. The van der Waals surface area contributed by atoms with E-state index >= 15 is 0 Å². The van der Waals surface area contributed by atoms with E-state index in [0.717, 1.165) is 42.7 Å². The molecule has 2 aliphatic carbocycles. The normalized spacial score (nSPS) is 25.6. The fraction of sp³-hybridized carbons (Fsp3) is 0.650. The van der Waals surface area contributed by atoms with E-state index in [1.165, 1.54) is 0 Å². The third-order valence-corrected chi connectivity index (χ3v) is 6.58. The van der Waals surface area contributed by atoms with Crippen molar-refractivity contribution in [2.75, 3.05) is 13.1 Å². The second kappa shape index (κ2) is 6.97. The summed E-state index contributed by atoms with van der Waals surface area (Å²) in [6, 6.07) is 1.88. The van der Waals surface area contributed by atoms with Gasteiger partial charge in [-0.1, -0.05) is 13.3 Å². The van der Waals surface area contributed by atoms with Gasteiger partial charge in [0.1, 0.15) is 5.82 Å². The molecule has 0 bridgehead atoms. The maximum Gasteiger partial charge on any atom is 0.401 e. The molecule has 0 saturated heterocycles. The minimum absolute atomic E-state index is 0.0666. The van der Waals surface area contributed by atoms with Gasteiger partial charge in [-0.3, -0.25) is 9.30 Å². The Hall–Kier alpha value is -2.16. The van der Waals surface area contributed by atoms with Crippen LogP contribution in [0.5, 0.6) is 0 Å². The molecule has 0 aliphatic heterocycles. The zero-order valence-electron chi connectivity index (χ0n) is 16.4. The van der Waals surface area contributed by atoms with Gasteiger partial charge in [0.2, 0.25) is 0 Å². The van der Waals surface area contributed by atoms with E-state index < -0.39 is 12.7 Å². The molecule has 0 spiro atoms. The minimum atomic E-state index is -4.17. The van der Waals surface area contributed by atoms with Crippen LogP contribution in [0.4, 0.5) is 13.2 Å². The van der Waals surface area contributed by atoms with Crippen LogP contribution in [0, 0.1) is 11.8 Å². The summed E-state index contributed by atoms with van der Waals surface area (Å²) in [5, 5.41) is 8.76. The number of nitrogens with zero attached hydrogens (tertiary/aromatic N) is 5. The molecular formula is C20H25F3N6. The predicted molar refractivity (Wildman–Crippen MR) is 103 cm³/mol. The first-order valence-electron chi connectivity index (χ1n) is 10.4. The average Bonchev–Trinajstić information content (AvgIpc) is 3.10. The van der Waals surface area contributed by atoms with Gasteiger partial charge in [-0.25, -0.2) is 4.98 Å². The van der Waals surface area contributed by atoms with Gasteiger partial charge >= 0.3 is 6.18 Å². The number of alkyl halides is 3. The Kier molecular flexibility index (Phi) is 4.53. The summed E-state index contributed by atoms with van der Waals surface area (Å²) in [5.74, 6) is 1.66. The van der Waals surface area contributed by atoms with Crippen LogP contribution in [0.2, 0.25) is 0 Å². The van der Waals surface area contributed by atoms with E-state index in [-0.39, 0.29) is 12.0 Å². The molecule has 0 amide bonds. The lowest BCUT2D eigenvalue weighted by atomic mass is 9.93. The average molecular weight is 406 g/mol. The second-order valence-electron chi connectivity index (χ2n) is 8.61. The number of rotatable bonds is 6. The van der Waals surface area contributed by atoms with Gasteiger partial charge < -0.3 is 4.98 Å². The molecule has 3 aromatic rings. The molecule has 0 radical (unpaired) electrons. The van der Waals surface area contributed by atoms with Crippen molar-refractivity contribution in [2.45, 2.75) is 57.2 Å². The zero-order chi connectivity index (χ0) is 20.2. The van der Waals surface area contributed by atoms with Gasteiger partial charge in [0.05, 0.1) is 18.3 Å². The Morgan fingerprint density at radius 3 is 2.79 bits per heavy atom. The highest BCUT2D eigenvalue weighted by Gasteiger charge is 2.43. The van der Waals surface area contributed by atoms with Crippen LogP contribution >= 0.6 is 0 Å². The maximum absolute atomic E-state index is 13.2. The van der Waals surface area contributed by atoms with Gasteiger partial charge in [0.25, 0.3) is 0 Å². The molecule has 3 atom stereocenters. The summed E-state index contributed by atoms with van der Waals surface area (Å²) in [6.07, 6.45) is 3.84. The molecule has 2 saturated carbocycles. The number of aromatic nitrogens is 5. The Morgan fingerprint density at radius 1 is 1.24 bits per heavy atom. The fourth-order valence-corrected chi connectivity index (χ4v) is 5.00. The van der Waals surface area contributed by atoms with Crippen LogP contribution in [0.1, 0.15) is 50.8 Å². The van der Waals surface area contributed by atoms with Gasteiger partial charge in [0, 0.05) is 24.7 Å². The predicted octanol–water partition coefficient (Wildman–Crippen LogP) is 4.15. The number of hydrogen-bond donors (Lipinski definition) is 1. The third kappa shape index (κ3) is 3.60. The number of fused-ring (bicyclic) bond motifs is 3. The third-order valence-electron chi connectivity index (χ3n) is 6.58. The fourth-order valence-electron chi connectivity index (χ4n) is 5.00. The molecule has 6 nitrogen and oxygen atoms in total. The standard InChI is InChI=1S/C20H25F3N6/c1-2-13-7-14(28(10-12-3-4-12)11-20(21,22)23)8-15(13)19-27-26-17-9-25-18-16(29(17)19)5-6-24-18/h5-6,9,12-15,24H,2-4,7-8,10-11H2,1H3. The van der Waals surface area contributed by atoms with Crippen molar-refractivity contribution < 1.29 is 13.2 Å². The number of halogens is 3. The molecule has 0 aromatic carbocycles. The number of hydrogen-bond acceptors (Lipinski definition) is 4. The molecule has 2 aliphatic rings. The molecule has 3 aromatic heterocycles. The zero-order valence-corrected chi connectivity index (χ0v) is 16.4. The highest BCUT2D eigenvalue weighted by atomic mass is 19.4. The lowest BCUT2D eigenvalue weighted by molar-refractivity contribution is -0.151. The Labute approximate surface area is 166 Å². The smallest absolute Gasteiger partial charge is 0.345 e. The minimum Gasteiger partial charge on any atom is -0.345 e. The molecule has 3 heterocycles. The van der Waals surface area contributed by atoms with Crippen LogP contribution in [-0.4, -0.2) is 54.8 Å². The van der Waals surface area contributed by atoms with Crippen LogP contribution in [-0.2, 0) is 0 Å². The van der Waals surface area contributed by atoms with E-state index in [4.69, 9.17) is 0 Å². The highest BCUT2D eigenvalue weighted by Crippen LogP contribution is 2.45. The Bertz CT molecular complexity index is 1000. The number of aromatic amines is 1. The number of nitrogens with one attached hydrogen (secondary N) is 1. The first-order valence-corrected chi connectivity index (χ1v) is 10.4. The van der Waals surface area contributed by atoms with Gasteiger partial charge in [-0.05, 0) is 43.6 Å². The van der Waals surface area contributed by atoms with E-state index in [1.807, 2.05) is 16.7 Å². The van der Waals surface area contributed by atoms with Crippen molar-refractivity contribution in [1.82, 2.24) is 29.5 Å². The highest BCUT2D eigenvalue weighted by molar-refractivity contribution is 5.74. The van der Waals surface area contributed by atoms with Crippen molar-refractivity contribution in [2.24, 2.45) is 11.8 Å². The SMILES string of the molecule is CCC1CC(N(CC2CC2)CC(F)(F)F)CC1c1nnc2cnc3[nH]ccc3n12. The van der Waals surface area contributed by atoms with Crippen LogP contribution in [0.15, 0.2) is 18.5 Å². The topological polar surface area (TPSA) is 62.1 Å². The van der Waals surface area contributed by atoms with Gasteiger partial charge in [-0.2, -0.15) is 13.2 Å². The molecule has 156 valence electrons. The molecule has 3 unspecified atom stereocenters. The van der Waals surface area contributed by atoms with Crippen LogP contribution < -0.4 is 0 Å². The van der Waals surface area contributed by atoms with Crippen molar-refractivity contribution >= 4 is 16.8 Å². The first kappa shape index (κ1) is 18.8. The van der Waals surface area contributed by atoms with Gasteiger partial charge in [-0.15, -0.1) is 10.2 Å². The summed E-state index contributed by atoms with van der Waals surface area (Å²) in [6.45, 7) is 1.86. The molecule has 29 heavy (non-hydrogen) atoms. The van der Waals surface area contributed by atoms with Crippen molar-refractivity contribution in [3.05, 3.63) is 24.3 Å². The summed E-state index contributed by atoms with van der Waals surface area (Å²) < 4.78 is 41.8. The van der Waals surface area contributed by atoms with Crippen LogP contribution in [0.25, 0.3) is 16.8 Å². The second-order valence-corrected chi connectivity index (χ2v) is 8.61. The lowest BCUT2D eigenvalue weighted by Gasteiger charge is -2.30. The van der Waals surface area contributed by atoms with E-state index in [9.17, 15) is 13.2 Å². The Balaban J connectivity index is 1.47. The summed E-state index contributed by atoms with van der Waals surface area (Å²) >= 11 is 0. The Morgan fingerprint density at radius 2 is 2.07 bits per heavy atom. The first-order chi connectivity index (χ1) is 13.9. The maximum atomic E-state index is 13.2. The van der Waals surface area contributed by atoms with Gasteiger partial charge in [0.15, 0.2) is 11.3 Å². The number of H-pyrrole nitrogens is 1. The summed E-state index contributed by atoms with van der Waals surface area (Å²) in [7, 11) is 0. The van der Waals surface area contributed by atoms with Crippen molar-refractivity contribution in [3.63, 3.8) is 0 Å². The molecule has 5 rings (SSSR count). The van der Waals surface area contributed by atoms with E-state index in [2.05, 4.69) is 27.1 Å². The van der Waals surface area contributed by atoms with E-state index in [0.29, 0.717) is 30.4 Å². The summed E-state index contributed by atoms with van der Waals surface area (Å²) in [4.78, 5) is 9.16. The van der Waals surface area contributed by atoms with Crippen molar-refractivity contribution in [3.8, 4) is 0 Å². The molecule has 9 heteroatoms.